The number of unbranched alkanes of at least 4 members (excludes halogenated alkanes) is 36. The Morgan fingerprint density at radius 2 is 0.565 bits per heavy atom. The Labute approximate surface area is 394 Å². The van der Waals surface area contributed by atoms with Crippen molar-refractivity contribution >= 4 is 18.6 Å². The van der Waals surface area contributed by atoms with Gasteiger partial charge in [0.25, 0.3) is 0 Å². The highest BCUT2D eigenvalue weighted by molar-refractivity contribution is 7.81. The molecule has 0 aromatic carbocycles. The monoisotopic (exact) mass is 897 g/mol. The number of hydrogen-bond donors (Lipinski definition) is 4. The predicted molar refractivity (Wildman–Crippen MR) is 275 cm³/mol. The molecule has 0 aliphatic rings. The number of rotatable bonds is 51. The summed E-state index contributed by atoms with van der Waals surface area (Å²) in [5, 5.41) is 30.8. The highest BCUT2D eigenvalue weighted by atomic mass is 32.1. The van der Waals surface area contributed by atoms with Crippen molar-refractivity contribution in [2.75, 3.05) is 26.4 Å². The minimum Gasteiger partial charge on any atom is -0.464 e. The van der Waals surface area contributed by atoms with Crippen LogP contribution in [0.2, 0.25) is 0 Å². The van der Waals surface area contributed by atoms with Gasteiger partial charge in [0, 0.05) is 4.75 Å². The summed E-state index contributed by atoms with van der Waals surface area (Å²) in [5.41, 5.74) is -2.00. The minimum atomic E-state index is -1.25. The third-order valence-electron chi connectivity index (χ3n) is 14.6. The Morgan fingerprint density at radius 1 is 0.355 bits per heavy atom. The van der Waals surface area contributed by atoms with Crippen LogP contribution in [0.1, 0.15) is 310 Å². The topological polar surface area (TPSA) is 87.0 Å². The van der Waals surface area contributed by atoms with Crippen molar-refractivity contribution in [2.45, 2.75) is 315 Å². The maximum Gasteiger partial charge on any atom is 0.313 e. The van der Waals surface area contributed by atoms with Crippen molar-refractivity contribution in [3.05, 3.63) is 0 Å². The molecule has 0 aliphatic carbocycles. The predicted octanol–water partition coefficient (Wildman–Crippen LogP) is 17.4. The molecule has 0 heterocycles. The Balaban J connectivity index is 6.33. The molecule has 0 saturated carbocycles. The third-order valence-corrected chi connectivity index (χ3v) is 15.5. The zero-order valence-electron chi connectivity index (χ0n) is 42.5. The molecule has 0 aliphatic heterocycles. The van der Waals surface area contributed by atoms with Gasteiger partial charge < -0.3 is 20.1 Å². The minimum absolute atomic E-state index is 0.173. The van der Waals surface area contributed by atoms with Crippen molar-refractivity contribution in [3.63, 3.8) is 0 Å². The second-order valence-electron chi connectivity index (χ2n) is 20.4. The second kappa shape index (κ2) is 44.5. The summed E-state index contributed by atoms with van der Waals surface area (Å²) >= 11 is 5.80. The molecule has 0 bridgehead atoms. The quantitative estimate of drug-likeness (QED) is 0.0278. The second-order valence-corrected chi connectivity index (χ2v) is 21.2. The lowest BCUT2D eigenvalue weighted by Crippen LogP contribution is -2.52. The van der Waals surface area contributed by atoms with Gasteiger partial charge in [-0.3, -0.25) is 4.79 Å². The normalized spacial score (nSPS) is 12.5. The highest BCUT2D eigenvalue weighted by Gasteiger charge is 2.54. The first kappa shape index (κ1) is 61.7. The van der Waals surface area contributed by atoms with Gasteiger partial charge >= 0.3 is 5.97 Å². The molecule has 0 amide bonds. The van der Waals surface area contributed by atoms with Crippen LogP contribution in [-0.4, -0.2) is 52.5 Å². The molecule has 0 radical (unpaired) electrons. The molecule has 62 heavy (non-hydrogen) atoms. The first-order chi connectivity index (χ1) is 30.3. The van der Waals surface area contributed by atoms with Crippen LogP contribution in [0.3, 0.4) is 0 Å². The molecule has 372 valence electrons. The van der Waals surface area contributed by atoms with Crippen LogP contribution in [0, 0.1) is 10.8 Å². The number of aliphatic hydroxyl groups is 3. The molecule has 0 fully saturated rings. The molecule has 6 heteroatoms. The molecule has 0 unspecified atom stereocenters. The average Bonchev–Trinajstić information content (AvgIpc) is 3.28. The molecular weight excluding hydrogens is 785 g/mol. The summed E-state index contributed by atoms with van der Waals surface area (Å²) in [5.74, 6) is -0.196. The van der Waals surface area contributed by atoms with Crippen LogP contribution in [-0.2, 0) is 9.53 Å². The van der Waals surface area contributed by atoms with E-state index in [1.54, 1.807) is 0 Å². The molecule has 0 spiro atoms. The van der Waals surface area contributed by atoms with E-state index in [0.29, 0.717) is 0 Å². The number of esters is 1. The van der Waals surface area contributed by atoms with Gasteiger partial charge in [0.1, 0.15) is 6.61 Å². The van der Waals surface area contributed by atoms with Crippen LogP contribution in [0.15, 0.2) is 0 Å². The first-order valence-electron chi connectivity index (χ1n) is 28.0. The Morgan fingerprint density at radius 3 is 0.790 bits per heavy atom. The van der Waals surface area contributed by atoms with E-state index in [0.717, 1.165) is 64.2 Å². The van der Waals surface area contributed by atoms with Gasteiger partial charge in [0.2, 0.25) is 0 Å². The van der Waals surface area contributed by atoms with Crippen LogP contribution >= 0.6 is 12.6 Å². The van der Waals surface area contributed by atoms with Gasteiger partial charge in [-0.1, -0.05) is 285 Å². The SMILES string of the molecule is CCCCCCCCCCCCC(S)(CCCCCCCCCCCC)C(CCCCCCCCCCCC)(CCCCCCCCCCCC)C(=O)OCC(CO)(CO)CO. The number of carbonyl (C=O) groups excluding carboxylic acids is 1. The van der Waals surface area contributed by atoms with Crippen molar-refractivity contribution in [1.29, 1.82) is 0 Å². The lowest BCUT2D eigenvalue weighted by molar-refractivity contribution is -0.168. The number of carbonyl (C=O) groups is 1. The first-order valence-corrected chi connectivity index (χ1v) is 28.5. The summed E-state index contributed by atoms with van der Waals surface area (Å²) in [4.78, 5) is 15.1. The molecule has 0 saturated heterocycles. The van der Waals surface area contributed by atoms with Crippen molar-refractivity contribution in [3.8, 4) is 0 Å². The summed E-state index contributed by atoms with van der Waals surface area (Å²) in [6.07, 6.45) is 54.2. The molecule has 0 aromatic heterocycles. The number of hydrogen-bond acceptors (Lipinski definition) is 6. The fourth-order valence-corrected chi connectivity index (χ4v) is 10.5. The molecule has 3 N–H and O–H groups in total. The molecule has 5 nitrogen and oxygen atoms in total. The molecular formula is C56H112O5S. The van der Waals surface area contributed by atoms with E-state index in [-0.39, 0.29) is 12.6 Å². The van der Waals surface area contributed by atoms with Crippen LogP contribution in [0.4, 0.5) is 0 Å². The fraction of sp³-hybridized carbons (Fsp3) is 0.982. The summed E-state index contributed by atoms with van der Waals surface area (Å²) in [7, 11) is 0. The van der Waals surface area contributed by atoms with E-state index < -0.39 is 35.4 Å². The standard InChI is InChI=1S/C56H112O5S/c1-5-9-13-17-21-25-29-33-37-41-45-55(53(60)61-52-54(49-57,50-58)51-59,46-42-38-34-30-26-22-18-14-10-6-2)56(62,47-43-39-35-31-27-23-19-15-11-7-3)48-44-40-36-32-28-24-20-16-12-8-4/h57-59,62H,5-52H2,1-4H3. The summed E-state index contributed by atoms with van der Waals surface area (Å²) in [6.45, 7) is 7.67. The van der Waals surface area contributed by atoms with Crippen LogP contribution in [0.5, 0.6) is 0 Å². The fourth-order valence-electron chi connectivity index (χ4n) is 9.87. The summed E-state index contributed by atoms with van der Waals surface area (Å²) in [6, 6.07) is 0. The van der Waals surface area contributed by atoms with Gasteiger partial charge in [-0.25, -0.2) is 0 Å². The van der Waals surface area contributed by atoms with Crippen molar-refractivity contribution < 1.29 is 24.9 Å². The van der Waals surface area contributed by atoms with E-state index in [2.05, 4.69) is 27.7 Å². The highest BCUT2D eigenvalue weighted by Crippen LogP contribution is 2.52. The van der Waals surface area contributed by atoms with E-state index in [4.69, 9.17) is 17.4 Å². The Bertz CT molecular complexity index is 866. The molecule has 0 atom stereocenters. The molecule has 0 aromatic rings. The number of aliphatic hydroxyl groups excluding tert-OH is 3. The van der Waals surface area contributed by atoms with Gasteiger partial charge in [-0.05, 0) is 25.7 Å². The Kier molecular flexibility index (Phi) is 44.3. The van der Waals surface area contributed by atoms with E-state index >= 15 is 4.79 Å². The lowest BCUT2D eigenvalue weighted by Gasteiger charge is -2.48. The maximum atomic E-state index is 15.1. The van der Waals surface area contributed by atoms with E-state index in [1.165, 1.54) is 218 Å². The van der Waals surface area contributed by atoms with Gasteiger partial charge in [-0.2, -0.15) is 12.6 Å². The van der Waals surface area contributed by atoms with Crippen LogP contribution in [0.25, 0.3) is 0 Å². The van der Waals surface area contributed by atoms with Crippen LogP contribution < -0.4 is 0 Å². The number of thiol groups is 1. The molecule has 0 rings (SSSR count). The van der Waals surface area contributed by atoms with Gasteiger partial charge in [0.15, 0.2) is 0 Å². The van der Waals surface area contributed by atoms with E-state index in [1.807, 2.05) is 0 Å². The lowest BCUT2D eigenvalue weighted by atomic mass is 9.64. The zero-order chi connectivity index (χ0) is 45.7. The number of ether oxygens (including phenoxy) is 1. The zero-order valence-corrected chi connectivity index (χ0v) is 43.4. The van der Waals surface area contributed by atoms with E-state index in [9.17, 15) is 15.3 Å². The van der Waals surface area contributed by atoms with Gasteiger partial charge in [-0.15, -0.1) is 0 Å². The smallest absolute Gasteiger partial charge is 0.313 e. The Hall–Kier alpha value is -0.300. The largest absolute Gasteiger partial charge is 0.464 e. The van der Waals surface area contributed by atoms with Gasteiger partial charge in [0.05, 0.1) is 30.7 Å². The van der Waals surface area contributed by atoms with Crippen molar-refractivity contribution in [2.24, 2.45) is 10.8 Å². The summed E-state index contributed by atoms with van der Waals surface area (Å²) < 4.78 is 5.81. The van der Waals surface area contributed by atoms with Crippen molar-refractivity contribution in [1.82, 2.24) is 0 Å². The third kappa shape index (κ3) is 30.8. The average molecular weight is 898 g/mol. The maximum absolute atomic E-state index is 15.1.